The summed E-state index contributed by atoms with van der Waals surface area (Å²) in [5, 5.41) is 0. The van der Waals surface area contributed by atoms with Crippen molar-refractivity contribution < 1.29 is 19.0 Å². The predicted octanol–water partition coefficient (Wildman–Crippen LogP) is 6.69. The van der Waals surface area contributed by atoms with Crippen LogP contribution in [0.15, 0.2) is 36.7 Å². The average Bonchev–Trinajstić information content (AvgIpc) is 2.90. The lowest BCUT2D eigenvalue weighted by molar-refractivity contribution is -0.208. The molecule has 0 amide bonds. The third-order valence-corrected chi connectivity index (χ3v) is 7.36. The first-order chi connectivity index (χ1) is 17.2. The van der Waals surface area contributed by atoms with Crippen molar-refractivity contribution >= 4 is 5.97 Å². The number of aromatic nitrogens is 2. The van der Waals surface area contributed by atoms with Gasteiger partial charge >= 0.3 is 5.97 Å². The average molecular weight is 481 g/mol. The van der Waals surface area contributed by atoms with E-state index in [1.165, 1.54) is 50.5 Å². The molecular formula is C29H40N2O4. The van der Waals surface area contributed by atoms with Crippen molar-refractivity contribution in [3.63, 3.8) is 0 Å². The molecule has 190 valence electrons. The molecule has 4 rings (SSSR count). The highest BCUT2D eigenvalue weighted by molar-refractivity contribution is 5.75. The molecule has 2 aliphatic rings. The highest BCUT2D eigenvalue weighted by Gasteiger charge is 2.29. The zero-order chi connectivity index (χ0) is 24.5. The maximum atomic E-state index is 12.5. The van der Waals surface area contributed by atoms with Crippen LogP contribution in [0.5, 0.6) is 5.75 Å². The summed E-state index contributed by atoms with van der Waals surface area (Å²) in [5.74, 6) is 1.95. The van der Waals surface area contributed by atoms with Crippen molar-refractivity contribution in [1.82, 2.24) is 9.97 Å². The van der Waals surface area contributed by atoms with Crippen molar-refractivity contribution in [2.45, 2.75) is 90.3 Å². The van der Waals surface area contributed by atoms with Gasteiger partial charge in [-0.1, -0.05) is 39.5 Å². The summed E-state index contributed by atoms with van der Waals surface area (Å²) < 4.78 is 17.0. The quantitative estimate of drug-likeness (QED) is 0.214. The van der Waals surface area contributed by atoms with Crippen LogP contribution in [0.2, 0.25) is 0 Å². The van der Waals surface area contributed by atoms with Crippen molar-refractivity contribution in [2.75, 3.05) is 13.2 Å². The normalized spacial score (nSPS) is 24.7. The number of nitrogens with zero attached hydrogens (tertiary/aromatic N) is 2. The van der Waals surface area contributed by atoms with E-state index in [1.807, 2.05) is 24.5 Å². The van der Waals surface area contributed by atoms with Gasteiger partial charge in [-0.15, -0.1) is 0 Å². The maximum Gasteiger partial charge on any atom is 0.319 e. The number of esters is 1. The number of hydrogen-bond donors (Lipinski definition) is 0. The second-order valence-corrected chi connectivity index (χ2v) is 10.1. The summed E-state index contributed by atoms with van der Waals surface area (Å²) in [6.07, 6.45) is 15.8. The Bertz CT molecular complexity index is 899. The zero-order valence-electron chi connectivity index (χ0n) is 21.3. The molecule has 0 bridgehead atoms. The van der Waals surface area contributed by atoms with Crippen LogP contribution in [0.1, 0.15) is 89.5 Å². The monoisotopic (exact) mass is 480 g/mol. The van der Waals surface area contributed by atoms with Crippen LogP contribution in [0, 0.1) is 11.8 Å². The van der Waals surface area contributed by atoms with Crippen LogP contribution in [-0.2, 0) is 14.3 Å². The molecule has 6 heteroatoms. The van der Waals surface area contributed by atoms with Crippen molar-refractivity contribution in [2.24, 2.45) is 11.8 Å². The van der Waals surface area contributed by atoms with Gasteiger partial charge in [0.25, 0.3) is 0 Å². The number of carbonyl (C=O) groups excluding carboxylic acids is 1. The van der Waals surface area contributed by atoms with Gasteiger partial charge in [0, 0.05) is 18.0 Å². The van der Waals surface area contributed by atoms with Crippen LogP contribution in [-0.4, -0.2) is 35.4 Å². The van der Waals surface area contributed by atoms with E-state index in [-0.39, 0.29) is 12.3 Å². The Balaban J connectivity index is 1.25. The topological polar surface area (TPSA) is 70.5 Å². The van der Waals surface area contributed by atoms with E-state index in [1.54, 1.807) is 12.1 Å². The van der Waals surface area contributed by atoms with Crippen LogP contribution in [0.25, 0.3) is 11.4 Å². The first kappa shape index (κ1) is 25.8. The summed E-state index contributed by atoms with van der Waals surface area (Å²) in [6, 6.07) is 7.37. The molecule has 0 unspecified atom stereocenters. The Morgan fingerprint density at radius 1 is 0.914 bits per heavy atom. The molecule has 0 spiro atoms. The molecule has 0 radical (unpaired) electrons. The minimum Gasteiger partial charge on any atom is -0.426 e. The summed E-state index contributed by atoms with van der Waals surface area (Å²) in [4.78, 5) is 21.8. The largest absolute Gasteiger partial charge is 0.426 e. The second-order valence-electron chi connectivity index (χ2n) is 10.1. The number of carbonyl (C=O) groups is 1. The van der Waals surface area contributed by atoms with E-state index < -0.39 is 5.92 Å². The van der Waals surface area contributed by atoms with E-state index in [9.17, 15) is 4.79 Å². The molecule has 2 aromatic rings. The SMILES string of the molecule is CCCCCC1OCC(C(=O)Oc2ccc(-c3ncc(C4CCC(CCC)CC4)cn3)cc2)CO1. The van der Waals surface area contributed by atoms with E-state index in [0.29, 0.717) is 30.7 Å². The Morgan fingerprint density at radius 3 is 2.23 bits per heavy atom. The summed E-state index contributed by atoms with van der Waals surface area (Å²) in [5.41, 5.74) is 2.15. The van der Waals surface area contributed by atoms with Crippen LogP contribution in [0.3, 0.4) is 0 Å². The second kappa shape index (κ2) is 13.1. The molecule has 0 atom stereocenters. The molecule has 1 aromatic heterocycles. The zero-order valence-corrected chi connectivity index (χ0v) is 21.3. The highest BCUT2D eigenvalue weighted by atomic mass is 16.7. The fraction of sp³-hybridized carbons (Fsp3) is 0.621. The Kier molecular flexibility index (Phi) is 9.66. The van der Waals surface area contributed by atoms with Gasteiger partial charge in [-0.05, 0) is 80.2 Å². The highest BCUT2D eigenvalue weighted by Crippen LogP contribution is 2.37. The molecule has 1 aliphatic heterocycles. The van der Waals surface area contributed by atoms with Crippen LogP contribution >= 0.6 is 0 Å². The van der Waals surface area contributed by atoms with Gasteiger partial charge in [-0.3, -0.25) is 4.79 Å². The first-order valence-electron chi connectivity index (χ1n) is 13.5. The molecule has 1 aliphatic carbocycles. The molecule has 35 heavy (non-hydrogen) atoms. The third-order valence-electron chi connectivity index (χ3n) is 7.36. The lowest BCUT2D eigenvalue weighted by Gasteiger charge is -2.28. The lowest BCUT2D eigenvalue weighted by atomic mass is 9.78. The summed E-state index contributed by atoms with van der Waals surface area (Å²) in [7, 11) is 0. The van der Waals surface area contributed by atoms with Gasteiger partial charge in [0.2, 0.25) is 0 Å². The minimum atomic E-state index is -0.398. The van der Waals surface area contributed by atoms with E-state index in [2.05, 4.69) is 23.8 Å². The molecule has 6 nitrogen and oxygen atoms in total. The van der Waals surface area contributed by atoms with Crippen molar-refractivity contribution in [1.29, 1.82) is 0 Å². The fourth-order valence-electron chi connectivity index (χ4n) is 5.17. The van der Waals surface area contributed by atoms with Gasteiger partial charge in [0.1, 0.15) is 11.7 Å². The molecule has 2 fully saturated rings. The number of benzene rings is 1. The van der Waals surface area contributed by atoms with Gasteiger partial charge in [-0.25, -0.2) is 9.97 Å². The van der Waals surface area contributed by atoms with E-state index >= 15 is 0 Å². The van der Waals surface area contributed by atoms with Gasteiger partial charge < -0.3 is 14.2 Å². The number of unbranched alkanes of at least 4 members (excludes halogenated alkanes) is 2. The van der Waals surface area contributed by atoms with Crippen molar-refractivity contribution in [3.8, 4) is 17.1 Å². The van der Waals surface area contributed by atoms with Gasteiger partial charge in [0.15, 0.2) is 12.1 Å². The van der Waals surface area contributed by atoms with Gasteiger partial charge in [-0.2, -0.15) is 0 Å². The Morgan fingerprint density at radius 2 is 1.60 bits per heavy atom. The number of rotatable bonds is 10. The molecule has 1 saturated heterocycles. The smallest absolute Gasteiger partial charge is 0.319 e. The Hall–Kier alpha value is -2.31. The number of hydrogen-bond acceptors (Lipinski definition) is 6. The van der Waals surface area contributed by atoms with Crippen LogP contribution < -0.4 is 4.74 Å². The van der Waals surface area contributed by atoms with Gasteiger partial charge in [0.05, 0.1) is 13.2 Å². The van der Waals surface area contributed by atoms with Crippen LogP contribution in [0.4, 0.5) is 0 Å². The minimum absolute atomic E-state index is 0.202. The fourth-order valence-corrected chi connectivity index (χ4v) is 5.17. The predicted molar refractivity (Wildman–Crippen MR) is 136 cm³/mol. The molecular weight excluding hydrogens is 440 g/mol. The number of ether oxygens (including phenoxy) is 3. The Labute approximate surface area is 209 Å². The molecule has 2 heterocycles. The summed E-state index contributed by atoms with van der Waals surface area (Å²) >= 11 is 0. The molecule has 1 aromatic carbocycles. The van der Waals surface area contributed by atoms with E-state index in [0.717, 1.165) is 30.7 Å². The third kappa shape index (κ3) is 7.34. The molecule has 1 saturated carbocycles. The maximum absolute atomic E-state index is 12.5. The lowest BCUT2D eigenvalue weighted by Crippen LogP contribution is -2.38. The van der Waals surface area contributed by atoms with Crippen molar-refractivity contribution in [3.05, 3.63) is 42.2 Å². The van der Waals surface area contributed by atoms with E-state index in [4.69, 9.17) is 14.2 Å². The standard InChI is InChI=1S/C29H40N2O4/c1-3-5-6-8-27-33-19-25(20-34-27)29(32)35-26-15-13-23(14-16-26)28-30-17-24(18-31-28)22-11-9-21(7-4-2)10-12-22/h13-18,21-22,25,27H,3-12,19-20H2,1-2H3. The first-order valence-corrected chi connectivity index (χ1v) is 13.5. The summed E-state index contributed by atoms with van der Waals surface area (Å²) in [6.45, 7) is 5.13. The molecule has 0 N–H and O–H groups in total.